The lowest BCUT2D eigenvalue weighted by atomic mass is 9.46. The number of nitrogens with one attached hydrogen (secondary N) is 2. The smallest absolute Gasteiger partial charge is 0.335 e. The number of unbranched alkanes of at least 4 members (excludes halogenated alkanes) is 2. The SMILES string of the molecule is C[C@]12CCC(=O)C=C1CC[C@H]1[C@H]2CC[C@]2(C)[C@H]1CC[C@]2(O)C(=O)COC(=O)CCC(=O)NCCCCCC(=O)NCc1ccc(C(=O)O)cc1. The van der Waals surface area contributed by atoms with Gasteiger partial charge in [-0.3, -0.25) is 24.0 Å². The summed E-state index contributed by atoms with van der Waals surface area (Å²) >= 11 is 0. The quantitative estimate of drug-likeness (QED) is 0.148. The van der Waals surface area contributed by atoms with Crippen LogP contribution in [-0.4, -0.2) is 64.3 Å². The highest BCUT2D eigenvalue weighted by molar-refractivity contribution is 5.92. The minimum absolute atomic E-state index is 0.00594. The van der Waals surface area contributed by atoms with Crippen molar-refractivity contribution in [3.05, 3.63) is 47.0 Å². The first-order valence-corrected chi connectivity index (χ1v) is 18.3. The Hall–Kier alpha value is -3.86. The molecule has 6 atom stereocenters. The molecule has 0 unspecified atom stereocenters. The van der Waals surface area contributed by atoms with E-state index < -0.39 is 35.3 Å². The van der Waals surface area contributed by atoms with Gasteiger partial charge in [-0.15, -0.1) is 0 Å². The van der Waals surface area contributed by atoms with Crippen molar-refractivity contribution in [2.75, 3.05) is 13.2 Å². The summed E-state index contributed by atoms with van der Waals surface area (Å²) in [5, 5.41) is 26.4. The van der Waals surface area contributed by atoms with Gasteiger partial charge in [0.2, 0.25) is 17.6 Å². The molecule has 0 aliphatic heterocycles. The zero-order valence-electron chi connectivity index (χ0n) is 29.4. The Morgan fingerprint density at radius 3 is 2.30 bits per heavy atom. The fourth-order valence-electron chi connectivity index (χ4n) is 9.54. The van der Waals surface area contributed by atoms with Crippen LogP contribution in [0.5, 0.6) is 0 Å². The largest absolute Gasteiger partial charge is 0.478 e. The van der Waals surface area contributed by atoms with Crippen molar-refractivity contribution in [3.8, 4) is 0 Å². The molecule has 11 nitrogen and oxygen atoms in total. The molecule has 0 heterocycles. The fourth-order valence-corrected chi connectivity index (χ4v) is 9.54. The summed E-state index contributed by atoms with van der Waals surface area (Å²) in [5.41, 5.74) is 0.130. The maximum Gasteiger partial charge on any atom is 0.335 e. The molecular weight excluding hydrogens is 640 g/mol. The van der Waals surface area contributed by atoms with Gasteiger partial charge < -0.3 is 25.6 Å². The Morgan fingerprint density at radius 2 is 1.56 bits per heavy atom. The number of aliphatic hydroxyl groups is 1. The summed E-state index contributed by atoms with van der Waals surface area (Å²) in [6.07, 6.45) is 10.0. The van der Waals surface area contributed by atoms with Gasteiger partial charge in [-0.25, -0.2) is 4.79 Å². The first-order chi connectivity index (χ1) is 23.8. The van der Waals surface area contributed by atoms with Crippen LogP contribution in [0.25, 0.3) is 0 Å². The molecule has 1 aromatic carbocycles. The van der Waals surface area contributed by atoms with Crippen LogP contribution in [0.2, 0.25) is 0 Å². The molecule has 1 aromatic rings. The van der Waals surface area contributed by atoms with Crippen molar-refractivity contribution in [2.24, 2.45) is 28.6 Å². The number of amides is 2. The predicted octanol–water partition coefficient (Wildman–Crippen LogP) is 4.83. The summed E-state index contributed by atoms with van der Waals surface area (Å²) in [5.74, 6) is -1.29. The number of ketones is 2. The predicted molar refractivity (Wildman–Crippen MR) is 184 cm³/mol. The summed E-state index contributed by atoms with van der Waals surface area (Å²) in [6.45, 7) is 4.55. The molecule has 3 saturated carbocycles. The van der Waals surface area contributed by atoms with Crippen molar-refractivity contribution in [1.82, 2.24) is 10.6 Å². The zero-order chi connectivity index (χ0) is 36.1. The van der Waals surface area contributed by atoms with E-state index in [1.165, 1.54) is 17.7 Å². The van der Waals surface area contributed by atoms with Crippen LogP contribution in [0.3, 0.4) is 0 Å². The Kier molecular flexibility index (Phi) is 11.7. The van der Waals surface area contributed by atoms with Crippen LogP contribution in [-0.2, 0) is 35.3 Å². The van der Waals surface area contributed by atoms with Gasteiger partial charge in [0.05, 0.1) is 12.0 Å². The van der Waals surface area contributed by atoms with Gasteiger partial charge in [-0.05, 0) is 105 Å². The Labute approximate surface area is 294 Å². The molecule has 0 radical (unpaired) electrons. The van der Waals surface area contributed by atoms with E-state index in [9.17, 15) is 33.9 Å². The molecule has 3 fully saturated rings. The van der Waals surface area contributed by atoms with E-state index in [0.717, 1.165) is 44.1 Å². The van der Waals surface area contributed by atoms with Gasteiger partial charge in [-0.2, -0.15) is 0 Å². The summed E-state index contributed by atoms with van der Waals surface area (Å²) in [7, 11) is 0. The van der Waals surface area contributed by atoms with E-state index in [0.29, 0.717) is 63.5 Å². The number of carboxylic acid groups (broad SMARTS) is 1. The number of Topliss-reactive ketones (excluding diaryl/α,β-unsaturated/α-hetero) is 1. The second kappa shape index (κ2) is 15.6. The van der Waals surface area contributed by atoms with Gasteiger partial charge in [0.15, 0.2) is 12.4 Å². The number of esters is 1. The first kappa shape index (κ1) is 37.4. The van der Waals surface area contributed by atoms with Crippen LogP contribution in [0.1, 0.15) is 120 Å². The van der Waals surface area contributed by atoms with Crippen LogP contribution in [0, 0.1) is 28.6 Å². The van der Waals surface area contributed by atoms with Gasteiger partial charge in [0.25, 0.3) is 0 Å². The Bertz CT molecular complexity index is 1520. The summed E-state index contributed by atoms with van der Waals surface area (Å²) in [4.78, 5) is 73.3. The Balaban J connectivity index is 0.959. The van der Waals surface area contributed by atoms with Crippen molar-refractivity contribution in [1.29, 1.82) is 0 Å². The molecular formula is C39H52N2O9. The molecule has 50 heavy (non-hydrogen) atoms. The molecule has 0 bridgehead atoms. The third-order valence-electron chi connectivity index (χ3n) is 12.6. The molecule has 2 amide bonds. The van der Waals surface area contributed by atoms with Crippen LogP contribution in [0.15, 0.2) is 35.9 Å². The van der Waals surface area contributed by atoms with Crippen molar-refractivity contribution in [3.63, 3.8) is 0 Å². The van der Waals surface area contributed by atoms with Crippen LogP contribution < -0.4 is 10.6 Å². The van der Waals surface area contributed by atoms with E-state index >= 15 is 0 Å². The van der Waals surface area contributed by atoms with Crippen molar-refractivity contribution in [2.45, 2.75) is 116 Å². The number of benzene rings is 1. The van der Waals surface area contributed by atoms with E-state index in [1.807, 2.05) is 13.0 Å². The number of carbonyl (C=O) groups excluding carboxylic acids is 5. The van der Waals surface area contributed by atoms with Crippen LogP contribution >= 0.6 is 0 Å². The number of fused-ring (bicyclic) bond motifs is 5. The molecule has 11 heteroatoms. The first-order valence-electron chi connectivity index (χ1n) is 18.3. The van der Waals surface area contributed by atoms with E-state index in [4.69, 9.17) is 9.84 Å². The normalized spacial score (nSPS) is 29.9. The summed E-state index contributed by atoms with van der Waals surface area (Å²) < 4.78 is 5.27. The standard InChI is InChI=1S/C39H52N2O9/c1-37-18-15-28(42)22-27(37)11-12-29-30(37)16-19-38(2)31(29)17-20-39(38,49)32(43)24-50-35(46)14-13-34(45)40-21-5-3-4-6-33(44)41-23-25-7-9-26(10-8-25)36(47)48/h7-10,22,29-31,49H,3-6,11-21,23-24H2,1-2H3,(H,40,45)(H,41,44)(H,47,48)/t29-,30+,31-,37-,38+,39-/m0/s1. The lowest BCUT2D eigenvalue weighted by molar-refractivity contribution is -0.170. The molecule has 4 aliphatic rings. The highest BCUT2D eigenvalue weighted by atomic mass is 16.5. The minimum atomic E-state index is -1.56. The van der Waals surface area contributed by atoms with Crippen LogP contribution in [0.4, 0.5) is 0 Å². The Morgan fingerprint density at radius 1 is 0.840 bits per heavy atom. The maximum absolute atomic E-state index is 13.5. The highest BCUT2D eigenvalue weighted by Gasteiger charge is 2.66. The number of carboxylic acids is 1. The third kappa shape index (κ3) is 7.87. The topological polar surface area (TPSA) is 176 Å². The molecule has 5 rings (SSSR count). The van der Waals surface area contributed by atoms with Crippen molar-refractivity contribution >= 4 is 35.3 Å². The molecule has 4 N–H and O–H groups in total. The fraction of sp³-hybridized carbons (Fsp3) is 0.641. The average Bonchev–Trinajstić information content (AvgIpc) is 3.38. The summed E-state index contributed by atoms with van der Waals surface area (Å²) in [6, 6.07) is 6.32. The van der Waals surface area contributed by atoms with Crippen molar-refractivity contribution < 1.29 is 43.7 Å². The molecule has 4 aliphatic carbocycles. The molecule has 0 saturated heterocycles. The number of hydrogen-bond acceptors (Lipinski definition) is 8. The van der Waals surface area contributed by atoms with Gasteiger partial charge in [0.1, 0.15) is 5.60 Å². The van der Waals surface area contributed by atoms with Gasteiger partial charge in [0, 0.05) is 37.8 Å². The number of allylic oxidation sites excluding steroid dienone is 1. The number of aromatic carboxylic acids is 1. The number of rotatable bonds is 15. The second-order valence-electron chi connectivity index (χ2n) is 15.3. The van der Waals surface area contributed by atoms with E-state index in [2.05, 4.69) is 17.6 Å². The monoisotopic (exact) mass is 692 g/mol. The number of ether oxygens (including phenoxy) is 1. The lowest BCUT2D eigenvalue weighted by Crippen LogP contribution is -2.58. The van der Waals surface area contributed by atoms with E-state index in [-0.39, 0.29) is 47.3 Å². The lowest BCUT2D eigenvalue weighted by Gasteiger charge is -2.58. The van der Waals surface area contributed by atoms with E-state index in [1.54, 1.807) is 12.1 Å². The molecule has 0 aromatic heterocycles. The zero-order valence-corrected chi connectivity index (χ0v) is 29.4. The highest BCUT2D eigenvalue weighted by Crippen LogP contribution is 2.67. The van der Waals surface area contributed by atoms with Gasteiger partial charge in [-0.1, -0.05) is 38.0 Å². The number of carbonyl (C=O) groups is 6. The van der Waals surface area contributed by atoms with Gasteiger partial charge >= 0.3 is 11.9 Å². The minimum Gasteiger partial charge on any atom is -0.478 e. The molecule has 272 valence electrons. The average molecular weight is 693 g/mol. The molecule has 0 spiro atoms. The third-order valence-corrected chi connectivity index (χ3v) is 12.6. The number of hydrogen-bond donors (Lipinski definition) is 4. The second-order valence-corrected chi connectivity index (χ2v) is 15.3. The maximum atomic E-state index is 13.5.